The smallest absolute Gasteiger partial charge is 0.0174 e. The summed E-state index contributed by atoms with van der Waals surface area (Å²) in [5.41, 5.74) is 6.75. The van der Waals surface area contributed by atoms with Crippen LogP contribution in [-0.4, -0.2) is 6.54 Å². The van der Waals surface area contributed by atoms with Crippen LogP contribution in [0.1, 0.15) is 19.8 Å². The van der Waals surface area contributed by atoms with Gasteiger partial charge in [0.1, 0.15) is 0 Å². The van der Waals surface area contributed by atoms with Crippen molar-refractivity contribution in [2.24, 2.45) is 11.7 Å². The highest BCUT2D eigenvalue weighted by Crippen LogP contribution is 2.17. The zero-order chi connectivity index (χ0) is 7.40. The summed E-state index contributed by atoms with van der Waals surface area (Å²) in [6, 6.07) is 0. The van der Waals surface area contributed by atoms with Crippen LogP contribution >= 0.6 is 0 Å². The minimum absolute atomic E-state index is 0.687. The molecule has 0 aromatic rings. The lowest BCUT2D eigenvalue weighted by Gasteiger charge is -2.12. The van der Waals surface area contributed by atoms with E-state index in [1.54, 1.807) is 0 Å². The van der Waals surface area contributed by atoms with Gasteiger partial charge in [-0.2, -0.15) is 0 Å². The highest BCUT2D eigenvalue weighted by molar-refractivity contribution is 5.24. The second kappa shape index (κ2) is 3.57. The van der Waals surface area contributed by atoms with Crippen LogP contribution in [0.3, 0.4) is 0 Å². The van der Waals surface area contributed by atoms with Gasteiger partial charge in [0.15, 0.2) is 0 Å². The van der Waals surface area contributed by atoms with Gasteiger partial charge in [-0.25, -0.2) is 0 Å². The summed E-state index contributed by atoms with van der Waals surface area (Å²) >= 11 is 0. The minimum atomic E-state index is 0.687. The predicted molar refractivity (Wildman–Crippen MR) is 44.7 cm³/mol. The lowest BCUT2D eigenvalue weighted by atomic mass is 9.95. The lowest BCUT2D eigenvalue weighted by Crippen LogP contribution is -2.05. The fourth-order valence-corrected chi connectivity index (χ4v) is 1.16. The minimum Gasteiger partial charge on any atom is -0.327 e. The maximum Gasteiger partial charge on any atom is 0.0174 e. The molecule has 0 heterocycles. The molecule has 2 N–H and O–H groups in total. The first kappa shape index (κ1) is 7.55. The Morgan fingerprint density at radius 3 is 2.90 bits per heavy atom. The normalized spacial score (nSPS) is 24.6. The molecule has 0 aliphatic heterocycles. The molecule has 10 heavy (non-hydrogen) atoms. The monoisotopic (exact) mass is 137 g/mol. The largest absolute Gasteiger partial charge is 0.327 e. The highest BCUT2D eigenvalue weighted by Gasteiger charge is 2.04. The lowest BCUT2D eigenvalue weighted by molar-refractivity contribution is 0.628. The molecule has 0 aromatic heterocycles. The summed E-state index contributed by atoms with van der Waals surface area (Å²) in [7, 11) is 0. The first-order chi connectivity index (χ1) is 4.86. The zero-order valence-corrected chi connectivity index (χ0v) is 6.51. The molecule has 1 rings (SSSR count). The van der Waals surface area contributed by atoms with Gasteiger partial charge in [0.25, 0.3) is 0 Å². The third kappa shape index (κ3) is 1.71. The summed E-state index contributed by atoms with van der Waals surface area (Å²) in [5, 5.41) is 0. The number of allylic oxidation sites excluding steroid dienone is 2. The maximum absolute atomic E-state index is 5.47. The third-order valence-corrected chi connectivity index (χ3v) is 2.03. The molecule has 1 nitrogen and oxygen atoms in total. The first-order valence-corrected chi connectivity index (χ1v) is 3.94. The average Bonchev–Trinajstić information content (AvgIpc) is 2.05. The Morgan fingerprint density at radius 2 is 2.50 bits per heavy atom. The zero-order valence-electron chi connectivity index (χ0n) is 6.51. The van der Waals surface area contributed by atoms with Crippen LogP contribution in [0.2, 0.25) is 0 Å². The standard InChI is InChI=1S/C9H15N/c1-2-8-3-5-9(7-10)6-4-8/h3,5-6,8H,2,4,7,10H2,1H3. The van der Waals surface area contributed by atoms with E-state index < -0.39 is 0 Å². The molecule has 1 atom stereocenters. The molecular weight excluding hydrogens is 122 g/mol. The van der Waals surface area contributed by atoms with Crippen LogP contribution in [-0.2, 0) is 0 Å². The average molecular weight is 137 g/mol. The van der Waals surface area contributed by atoms with Crippen molar-refractivity contribution in [3.63, 3.8) is 0 Å². The summed E-state index contributed by atoms with van der Waals surface area (Å²) in [6.45, 7) is 2.91. The van der Waals surface area contributed by atoms with Gasteiger partial charge in [-0.05, 0) is 24.3 Å². The van der Waals surface area contributed by atoms with Crippen molar-refractivity contribution in [3.05, 3.63) is 23.8 Å². The molecular formula is C9H15N. The molecule has 0 bridgehead atoms. The molecule has 0 fully saturated rings. The Labute approximate surface area is 62.6 Å². The second-order valence-corrected chi connectivity index (χ2v) is 2.75. The van der Waals surface area contributed by atoms with Crippen LogP contribution in [0.25, 0.3) is 0 Å². The Morgan fingerprint density at radius 1 is 1.70 bits per heavy atom. The molecule has 1 unspecified atom stereocenters. The van der Waals surface area contributed by atoms with Crippen LogP contribution < -0.4 is 5.73 Å². The summed E-state index contributed by atoms with van der Waals surface area (Å²) < 4.78 is 0. The fraction of sp³-hybridized carbons (Fsp3) is 0.556. The van der Waals surface area contributed by atoms with E-state index in [9.17, 15) is 0 Å². The van der Waals surface area contributed by atoms with E-state index in [0.29, 0.717) is 6.54 Å². The number of rotatable bonds is 2. The van der Waals surface area contributed by atoms with Crippen molar-refractivity contribution < 1.29 is 0 Å². The fourth-order valence-electron chi connectivity index (χ4n) is 1.16. The number of hydrogen-bond donors (Lipinski definition) is 1. The molecule has 0 saturated heterocycles. The highest BCUT2D eigenvalue weighted by atomic mass is 14.5. The third-order valence-electron chi connectivity index (χ3n) is 2.03. The van der Waals surface area contributed by atoms with Crippen molar-refractivity contribution in [3.8, 4) is 0 Å². The van der Waals surface area contributed by atoms with E-state index >= 15 is 0 Å². The van der Waals surface area contributed by atoms with Crippen molar-refractivity contribution in [1.29, 1.82) is 0 Å². The molecule has 0 spiro atoms. The quantitative estimate of drug-likeness (QED) is 0.617. The Bertz CT molecular complexity index is 156. The number of nitrogens with two attached hydrogens (primary N) is 1. The van der Waals surface area contributed by atoms with Gasteiger partial charge in [0, 0.05) is 6.54 Å². The van der Waals surface area contributed by atoms with Gasteiger partial charge in [0.05, 0.1) is 0 Å². The van der Waals surface area contributed by atoms with Crippen molar-refractivity contribution in [2.45, 2.75) is 19.8 Å². The van der Waals surface area contributed by atoms with Gasteiger partial charge in [-0.1, -0.05) is 25.2 Å². The van der Waals surface area contributed by atoms with E-state index in [4.69, 9.17) is 5.73 Å². The molecule has 1 heteroatoms. The van der Waals surface area contributed by atoms with Crippen molar-refractivity contribution >= 4 is 0 Å². The van der Waals surface area contributed by atoms with Gasteiger partial charge < -0.3 is 5.73 Å². The molecule has 0 amide bonds. The molecule has 1 aliphatic carbocycles. The summed E-state index contributed by atoms with van der Waals surface area (Å²) in [6.07, 6.45) is 9.08. The van der Waals surface area contributed by atoms with E-state index in [0.717, 1.165) is 5.92 Å². The summed E-state index contributed by atoms with van der Waals surface area (Å²) in [5.74, 6) is 0.760. The molecule has 0 radical (unpaired) electrons. The maximum atomic E-state index is 5.47. The Balaban J connectivity index is 2.46. The SMILES string of the molecule is CCC1C=CC(CN)=CC1. The second-order valence-electron chi connectivity index (χ2n) is 2.75. The number of hydrogen-bond acceptors (Lipinski definition) is 1. The van der Waals surface area contributed by atoms with Gasteiger partial charge in [-0.3, -0.25) is 0 Å². The predicted octanol–water partition coefficient (Wildman–Crippen LogP) is 1.86. The van der Waals surface area contributed by atoms with Crippen molar-refractivity contribution in [2.75, 3.05) is 6.54 Å². The van der Waals surface area contributed by atoms with Crippen LogP contribution in [0.5, 0.6) is 0 Å². The van der Waals surface area contributed by atoms with Gasteiger partial charge in [-0.15, -0.1) is 0 Å². The van der Waals surface area contributed by atoms with E-state index in [2.05, 4.69) is 25.2 Å². The molecule has 1 aliphatic rings. The molecule has 0 aromatic carbocycles. The molecule has 56 valence electrons. The van der Waals surface area contributed by atoms with Crippen LogP contribution in [0.4, 0.5) is 0 Å². The van der Waals surface area contributed by atoms with Crippen LogP contribution in [0, 0.1) is 5.92 Å². The topological polar surface area (TPSA) is 26.0 Å². The van der Waals surface area contributed by atoms with E-state index in [1.807, 2.05) is 0 Å². The molecule has 0 saturated carbocycles. The Kier molecular flexibility index (Phi) is 2.69. The van der Waals surface area contributed by atoms with E-state index in [-0.39, 0.29) is 0 Å². The van der Waals surface area contributed by atoms with E-state index in [1.165, 1.54) is 18.4 Å². The first-order valence-electron chi connectivity index (χ1n) is 3.94. The van der Waals surface area contributed by atoms with Crippen LogP contribution in [0.15, 0.2) is 23.8 Å². The van der Waals surface area contributed by atoms with Gasteiger partial charge in [0.2, 0.25) is 0 Å². The van der Waals surface area contributed by atoms with Gasteiger partial charge >= 0.3 is 0 Å². The van der Waals surface area contributed by atoms with Crippen molar-refractivity contribution in [1.82, 2.24) is 0 Å². The summed E-state index contributed by atoms with van der Waals surface area (Å²) in [4.78, 5) is 0. The Hall–Kier alpha value is -0.560.